The Morgan fingerprint density at radius 2 is 1.76 bits per heavy atom. The number of esters is 2. The predicted molar refractivity (Wildman–Crippen MR) is 156 cm³/mol. The van der Waals surface area contributed by atoms with Gasteiger partial charge in [-0.2, -0.15) is 0 Å². The highest BCUT2D eigenvalue weighted by molar-refractivity contribution is 5.73. The fraction of sp³-hybridized carbons (Fsp3) is 0.667. The molecule has 0 spiro atoms. The van der Waals surface area contributed by atoms with E-state index in [0.717, 1.165) is 50.5 Å². The number of unbranched alkanes of at least 4 members (excludes halogenated alkanes) is 1. The van der Waals surface area contributed by atoms with Crippen molar-refractivity contribution in [3.8, 4) is 0 Å². The van der Waals surface area contributed by atoms with Gasteiger partial charge < -0.3 is 14.6 Å². The zero-order valence-corrected chi connectivity index (χ0v) is 24.3. The smallest absolute Gasteiger partial charge is 0.309 e. The van der Waals surface area contributed by atoms with Crippen molar-refractivity contribution in [2.24, 2.45) is 28.0 Å². The van der Waals surface area contributed by atoms with Gasteiger partial charge in [-0.05, 0) is 100 Å². The lowest BCUT2D eigenvalue weighted by Gasteiger charge is -2.25. The number of aliphatic hydroxyl groups is 1. The van der Waals surface area contributed by atoms with Gasteiger partial charge in [-0.1, -0.05) is 52.7 Å². The molecule has 0 saturated heterocycles. The molecule has 1 aliphatic rings. The second-order valence-electron chi connectivity index (χ2n) is 10.9. The number of benzene rings is 1. The molecule has 0 radical (unpaired) electrons. The molecule has 11 nitrogen and oxygen atoms in total. The fourth-order valence-electron chi connectivity index (χ4n) is 5.26. The van der Waals surface area contributed by atoms with E-state index in [1.807, 2.05) is 44.2 Å². The number of aryl methyl sites for hydroxylation is 1. The fourth-order valence-corrected chi connectivity index (χ4v) is 5.26. The number of hydrogen-bond acceptors (Lipinski definition) is 7. The average Bonchev–Trinajstić information content (AvgIpc) is 3.31. The van der Waals surface area contributed by atoms with Crippen molar-refractivity contribution in [2.45, 2.75) is 96.4 Å². The van der Waals surface area contributed by atoms with E-state index < -0.39 is 11.9 Å². The Morgan fingerprint density at radius 3 is 2.41 bits per heavy atom. The molecule has 224 valence electrons. The molecule has 0 aromatic heterocycles. The van der Waals surface area contributed by atoms with Crippen molar-refractivity contribution in [2.75, 3.05) is 13.1 Å². The van der Waals surface area contributed by atoms with Crippen molar-refractivity contribution in [3.63, 3.8) is 0 Å². The van der Waals surface area contributed by atoms with E-state index in [4.69, 9.17) is 20.5 Å². The first-order valence-electron chi connectivity index (χ1n) is 14.6. The zero-order chi connectivity index (χ0) is 29.9. The summed E-state index contributed by atoms with van der Waals surface area (Å²) < 4.78 is 11.1. The number of allylic oxidation sites excluding steroid dienone is 2. The quantitative estimate of drug-likeness (QED) is 0.0472. The molecule has 0 unspecified atom stereocenters. The third-order valence-electron chi connectivity index (χ3n) is 7.43. The predicted octanol–water partition coefficient (Wildman–Crippen LogP) is 7.00. The minimum Gasteiger partial charge on any atom is -0.463 e. The zero-order valence-electron chi connectivity index (χ0n) is 24.3. The van der Waals surface area contributed by atoms with Crippen LogP contribution in [0.3, 0.4) is 0 Å². The van der Waals surface area contributed by atoms with Crippen molar-refractivity contribution in [1.82, 2.24) is 0 Å². The van der Waals surface area contributed by atoms with E-state index in [2.05, 4.69) is 32.2 Å². The first-order valence-corrected chi connectivity index (χ1v) is 14.6. The molecular weight excluding hydrogens is 524 g/mol. The van der Waals surface area contributed by atoms with E-state index in [0.29, 0.717) is 25.2 Å². The van der Waals surface area contributed by atoms with Crippen LogP contribution in [0.4, 0.5) is 0 Å². The minimum absolute atomic E-state index is 0.0998. The van der Waals surface area contributed by atoms with Crippen LogP contribution in [-0.2, 0) is 25.5 Å². The highest BCUT2D eigenvalue weighted by atomic mass is 16.5. The molecule has 1 saturated carbocycles. The van der Waals surface area contributed by atoms with Crippen molar-refractivity contribution < 1.29 is 24.2 Å². The normalized spacial score (nSPS) is 19.8. The molecule has 0 bridgehead atoms. The third-order valence-corrected chi connectivity index (χ3v) is 7.43. The lowest BCUT2D eigenvalue weighted by Crippen LogP contribution is -2.29. The number of ether oxygens (including phenoxy) is 2. The van der Waals surface area contributed by atoms with E-state index in [1.54, 1.807) is 0 Å². The van der Waals surface area contributed by atoms with Crippen LogP contribution in [0.1, 0.15) is 77.2 Å². The number of rotatable bonds is 19. The van der Waals surface area contributed by atoms with Gasteiger partial charge in [0.15, 0.2) is 0 Å². The lowest BCUT2D eigenvalue weighted by atomic mass is 9.86. The van der Waals surface area contributed by atoms with Crippen molar-refractivity contribution in [3.05, 3.63) is 68.9 Å². The van der Waals surface area contributed by atoms with Gasteiger partial charge in [-0.15, -0.1) is 0 Å². The third kappa shape index (κ3) is 13.6. The van der Waals surface area contributed by atoms with Crippen LogP contribution in [0.5, 0.6) is 0 Å². The highest BCUT2D eigenvalue weighted by Crippen LogP contribution is 2.38. The molecule has 1 aromatic rings. The Bertz CT molecular complexity index is 1030. The maximum Gasteiger partial charge on any atom is 0.309 e. The number of azide groups is 2. The minimum atomic E-state index is -0.834. The molecular formula is C30H44N6O5. The molecule has 41 heavy (non-hydrogen) atoms. The number of hydrogen-bond donors (Lipinski definition) is 1. The van der Waals surface area contributed by atoms with E-state index in [-0.39, 0.29) is 43.3 Å². The molecule has 1 fully saturated rings. The molecule has 0 aliphatic heterocycles. The van der Waals surface area contributed by atoms with Gasteiger partial charge in [0.1, 0.15) is 6.10 Å². The molecule has 11 heteroatoms. The summed E-state index contributed by atoms with van der Waals surface area (Å²) in [5.74, 6) is -1.12. The van der Waals surface area contributed by atoms with Gasteiger partial charge in [0.2, 0.25) is 0 Å². The van der Waals surface area contributed by atoms with Crippen LogP contribution in [-0.4, -0.2) is 48.4 Å². The Morgan fingerprint density at radius 1 is 1.05 bits per heavy atom. The molecule has 2 rings (SSSR count). The summed E-state index contributed by atoms with van der Waals surface area (Å²) in [6.45, 7) is 3.40. The molecule has 1 aromatic carbocycles. The average molecular weight is 569 g/mol. The number of nitrogens with zero attached hydrogens (tertiary/aromatic N) is 6. The van der Waals surface area contributed by atoms with E-state index >= 15 is 0 Å². The van der Waals surface area contributed by atoms with Crippen LogP contribution in [0.25, 0.3) is 20.9 Å². The molecule has 1 N–H and O–H groups in total. The number of aliphatic hydroxyl groups excluding tert-OH is 1. The summed E-state index contributed by atoms with van der Waals surface area (Å²) in [5.41, 5.74) is 18.5. The SMILES string of the molecule is CC(C)OC(=O)CCC/C=C\C[C@@H]1[C@@H](CC[C@H](CCc2ccccc2)OC(=O)C(CN=[N+]=[N-])CN=[N+]=[N-])CC[C@@H]1O. The topological polar surface area (TPSA) is 170 Å². The van der Waals surface area contributed by atoms with Crippen LogP contribution in [0, 0.1) is 17.8 Å². The van der Waals surface area contributed by atoms with E-state index in [9.17, 15) is 14.7 Å². The standard InChI is InChI=1S/C30H44N6O5/c1-22(2)40-29(38)13-9-4-3-8-12-27-24(16-19-28(27)37)15-18-26(17-14-23-10-6-5-7-11-23)41-30(39)25(20-33-35-31)21-34-36-32/h3,5-8,10-11,22,24-28,37H,4,9,12-21H2,1-2H3/b8-3-/t24-,26-,27+,28-/m0/s1. The van der Waals surface area contributed by atoms with Crippen LogP contribution in [0.15, 0.2) is 52.7 Å². The van der Waals surface area contributed by atoms with Gasteiger partial charge in [-0.25, -0.2) is 0 Å². The van der Waals surface area contributed by atoms with Crippen LogP contribution < -0.4 is 0 Å². The first kappa shape index (κ1) is 33.7. The van der Waals surface area contributed by atoms with Gasteiger partial charge in [0.05, 0.1) is 18.1 Å². The Balaban J connectivity index is 1.95. The second kappa shape index (κ2) is 19.5. The van der Waals surface area contributed by atoms with Gasteiger partial charge >= 0.3 is 11.9 Å². The molecule has 0 heterocycles. The molecule has 4 atom stereocenters. The summed E-state index contributed by atoms with van der Waals surface area (Å²) in [4.78, 5) is 30.1. The summed E-state index contributed by atoms with van der Waals surface area (Å²) in [5, 5.41) is 17.6. The van der Waals surface area contributed by atoms with Crippen molar-refractivity contribution >= 4 is 11.9 Å². The van der Waals surface area contributed by atoms with Crippen LogP contribution >= 0.6 is 0 Å². The highest BCUT2D eigenvalue weighted by Gasteiger charge is 2.34. The number of carbonyl (C=O) groups is 2. The summed E-state index contributed by atoms with van der Waals surface area (Å²) in [6, 6.07) is 9.97. The van der Waals surface area contributed by atoms with E-state index in [1.165, 1.54) is 0 Å². The lowest BCUT2D eigenvalue weighted by molar-refractivity contribution is -0.154. The van der Waals surface area contributed by atoms with Gasteiger partial charge in [-0.3, -0.25) is 9.59 Å². The number of carbonyl (C=O) groups excluding carboxylic acids is 2. The largest absolute Gasteiger partial charge is 0.463 e. The molecule has 1 aliphatic carbocycles. The van der Waals surface area contributed by atoms with Crippen LogP contribution in [0.2, 0.25) is 0 Å². The monoisotopic (exact) mass is 568 g/mol. The van der Waals surface area contributed by atoms with Gasteiger partial charge in [0, 0.05) is 29.3 Å². The maximum absolute atomic E-state index is 12.9. The van der Waals surface area contributed by atoms with Crippen molar-refractivity contribution in [1.29, 1.82) is 0 Å². The summed E-state index contributed by atoms with van der Waals surface area (Å²) in [6.07, 6.45) is 10.5. The second-order valence-corrected chi connectivity index (χ2v) is 10.9. The Kier molecular flexibility index (Phi) is 16.1. The maximum atomic E-state index is 12.9. The Hall–Kier alpha value is -3.52. The van der Waals surface area contributed by atoms with Gasteiger partial charge in [0.25, 0.3) is 0 Å². The molecule has 0 amide bonds. The summed E-state index contributed by atoms with van der Waals surface area (Å²) >= 11 is 0. The summed E-state index contributed by atoms with van der Waals surface area (Å²) in [7, 11) is 0. The first-order chi connectivity index (χ1) is 19.8. The Labute approximate surface area is 242 Å².